The number of esters is 1. The quantitative estimate of drug-likeness (QED) is 0.607. The molecule has 13 heavy (non-hydrogen) atoms. The highest BCUT2D eigenvalue weighted by Gasteiger charge is 2.34. The number of rotatable bonds is 2. The fourth-order valence-corrected chi connectivity index (χ4v) is 1.29. The zero-order chi connectivity index (χ0) is 9.90. The van der Waals surface area contributed by atoms with Crippen molar-refractivity contribution in [1.82, 2.24) is 0 Å². The second kappa shape index (κ2) is 3.73. The maximum atomic E-state index is 11.4. The summed E-state index contributed by atoms with van der Waals surface area (Å²) in [6.07, 6.45) is 4.12. The van der Waals surface area contributed by atoms with Crippen LogP contribution < -0.4 is 0 Å². The maximum Gasteiger partial charge on any atom is 0.315 e. The minimum atomic E-state index is -0.593. The molecular formula is C10H14O3. The minimum absolute atomic E-state index is 0.0850. The first-order valence-electron chi connectivity index (χ1n) is 4.48. The van der Waals surface area contributed by atoms with E-state index in [1.165, 1.54) is 6.08 Å². The molecule has 0 aromatic heterocycles. The molecule has 0 heterocycles. The average Bonchev–Trinajstić information content (AvgIpc) is 2.11. The Morgan fingerprint density at radius 3 is 2.85 bits per heavy atom. The largest absolute Gasteiger partial charge is 0.465 e. The lowest BCUT2D eigenvalue weighted by atomic mass is 9.80. The first-order valence-corrected chi connectivity index (χ1v) is 4.48. The first kappa shape index (κ1) is 9.96. The van der Waals surface area contributed by atoms with Gasteiger partial charge >= 0.3 is 5.97 Å². The summed E-state index contributed by atoms with van der Waals surface area (Å²) < 4.78 is 4.92. The van der Waals surface area contributed by atoms with Crippen LogP contribution in [-0.2, 0) is 14.3 Å². The Kier molecular flexibility index (Phi) is 2.86. The fraction of sp³-hybridized carbons (Fsp3) is 0.600. The van der Waals surface area contributed by atoms with Crippen molar-refractivity contribution in [2.45, 2.75) is 26.7 Å². The van der Waals surface area contributed by atoms with Crippen molar-refractivity contribution in [1.29, 1.82) is 0 Å². The summed E-state index contributed by atoms with van der Waals surface area (Å²) in [5, 5.41) is 0. The molecule has 1 unspecified atom stereocenters. The first-order chi connectivity index (χ1) is 6.08. The molecule has 1 rings (SSSR count). The van der Waals surface area contributed by atoms with Crippen molar-refractivity contribution in [2.24, 2.45) is 5.41 Å². The third kappa shape index (κ3) is 2.17. The van der Waals surface area contributed by atoms with Gasteiger partial charge in [0.05, 0.1) is 12.0 Å². The van der Waals surface area contributed by atoms with Crippen LogP contribution in [0.2, 0.25) is 0 Å². The van der Waals surface area contributed by atoms with E-state index >= 15 is 0 Å². The zero-order valence-electron chi connectivity index (χ0n) is 8.00. The topological polar surface area (TPSA) is 43.4 Å². The van der Waals surface area contributed by atoms with Gasteiger partial charge < -0.3 is 4.74 Å². The molecule has 0 aliphatic heterocycles. The molecule has 3 nitrogen and oxygen atoms in total. The van der Waals surface area contributed by atoms with Gasteiger partial charge in [-0.1, -0.05) is 6.08 Å². The Bertz CT molecular complexity index is 255. The van der Waals surface area contributed by atoms with Gasteiger partial charge in [-0.25, -0.2) is 0 Å². The zero-order valence-corrected chi connectivity index (χ0v) is 8.00. The van der Waals surface area contributed by atoms with E-state index in [4.69, 9.17) is 4.74 Å². The normalized spacial score (nSPS) is 27.4. The highest BCUT2D eigenvalue weighted by molar-refractivity contribution is 5.93. The van der Waals surface area contributed by atoms with Gasteiger partial charge in [-0.2, -0.15) is 0 Å². The summed E-state index contributed by atoms with van der Waals surface area (Å²) in [5.74, 6) is -0.152. The number of hydrogen-bond donors (Lipinski definition) is 0. The van der Waals surface area contributed by atoms with Gasteiger partial charge in [-0.3, -0.25) is 9.59 Å². The van der Waals surface area contributed by atoms with E-state index in [0.29, 0.717) is 19.4 Å². The smallest absolute Gasteiger partial charge is 0.315 e. The van der Waals surface area contributed by atoms with Crippen molar-refractivity contribution < 1.29 is 14.3 Å². The van der Waals surface area contributed by atoms with Crippen LogP contribution >= 0.6 is 0 Å². The molecule has 1 atom stereocenters. The molecule has 0 bridgehead atoms. The third-order valence-electron chi connectivity index (χ3n) is 2.27. The van der Waals surface area contributed by atoms with Gasteiger partial charge in [0.2, 0.25) is 0 Å². The second-order valence-corrected chi connectivity index (χ2v) is 3.44. The number of carbonyl (C=O) groups is 2. The summed E-state index contributed by atoms with van der Waals surface area (Å²) in [6.45, 7) is 3.96. The van der Waals surface area contributed by atoms with Crippen LogP contribution in [0.5, 0.6) is 0 Å². The highest BCUT2D eigenvalue weighted by Crippen LogP contribution is 2.30. The molecule has 1 aliphatic rings. The van der Waals surface area contributed by atoms with Crippen LogP contribution in [0.3, 0.4) is 0 Å². The standard InChI is InChI=1S/C10H14O3/c1-3-13-9(12)10(2)6-4-8(11)5-7-10/h4,6H,3,5,7H2,1-2H3. The van der Waals surface area contributed by atoms with Gasteiger partial charge in [0, 0.05) is 6.42 Å². The maximum absolute atomic E-state index is 11.4. The van der Waals surface area contributed by atoms with Gasteiger partial charge in [0.1, 0.15) is 0 Å². The lowest BCUT2D eigenvalue weighted by Crippen LogP contribution is -2.30. The molecule has 0 radical (unpaired) electrons. The predicted octanol–water partition coefficient (Wildman–Crippen LogP) is 1.47. The fourth-order valence-electron chi connectivity index (χ4n) is 1.29. The third-order valence-corrected chi connectivity index (χ3v) is 2.27. The summed E-state index contributed by atoms with van der Waals surface area (Å²) in [5.41, 5.74) is -0.593. The van der Waals surface area contributed by atoms with Crippen molar-refractivity contribution in [3.8, 4) is 0 Å². The molecule has 0 fully saturated rings. The van der Waals surface area contributed by atoms with Gasteiger partial charge in [0.15, 0.2) is 5.78 Å². The van der Waals surface area contributed by atoms with E-state index in [0.717, 1.165) is 0 Å². The average molecular weight is 182 g/mol. The molecule has 0 aromatic carbocycles. The monoisotopic (exact) mass is 182 g/mol. The Labute approximate surface area is 77.8 Å². The Morgan fingerprint density at radius 2 is 2.38 bits per heavy atom. The lowest BCUT2D eigenvalue weighted by Gasteiger charge is -2.25. The molecule has 1 aliphatic carbocycles. The molecule has 0 saturated carbocycles. The Balaban J connectivity index is 2.71. The minimum Gasteiger partial charge on any atom is -0.465 e. The van der Waals surface area contributed by atoms with Gasteiger partial charge in [0.25, 0.3) is 0 Å². The van der Waals surface area contributed by atoms with Crippen molar-refractivity contribution in [3.63, 3.8) is 0 Å². The summed E-state index contributed by atoms with van der Waals surface area (Å²) in [4.78, 5) is 22.3. The van der Waals surface area contributed by atoms with Crippen molar-refractivity contribution in [3.05, 3.63) is 12.2 Å². The van der Waals surface area contributed by atoms with E-state index in [-0.39, 0.29) is 11.8 Å². The Morgan fingerprint density at radius 1 is 1.69 bits per heavy atom. The van der Waals surface area contributed by atoms with Crippen LogP contribution in [-0.4, -0.2) is 18.4 Å². The van der Waals surface area contributed by atoms with E-state index in [9.17, 15) is 9.59 Å². The SMILES string of the molecule is CCOC(=O)C1(C)C=CC(=O)CC1. The molecule has 0 N–H and O–H groups in total. The van der Waals surface area contributed by atoms with Crippen LogP contribution in [0.4, 0.5) is 0 Å². The number of hydrogen-bond acceptors (Lipinski definition) is 3. The van der Waals surface area contributed by atoms with Crippen LogP contribution in [0.15, 0.2) is 12.2 Å². The number of allylic oxidation sites excluding steroid dienone is 1. The van der Waals surface area contributed by atoms with Crippen LogP contribution in [0.1, 0.15) is 26.7 Å². The number of ether oxygens (including phenoxy) is 1. The molecule has 0 spiro atoms. The van der Waals surface area contributed by atoms with Crippen molar-refractivity contribution >= 4 is 11.8 Å². The second-order valence-electron chi connectivity index (χ2n) is 3.44. The van der Waals surface area contributed by atoms with Crippen LogP contribution in [0.25, 0.3) is 0 Å². The molecular weight excluding hydrogens is 168 g/mol. The Hall–Kier alpha value is -1.12. The molecule has 3 heteroatoms. The summed E-state index contributed by atoms with van der Waals surface area (Å²) >= 11 is 0. The van der Waals surface area contributed by atoms with E-state index in [1.807, 2.05) is 0 Å². The molecule has 72 valence electrons. The predicted molar refractivity (Wildman–Crippen MR) is 48.1 cm³/mol. The highest BCUT2D eigenvalue weighted by atomic mass is 16.5. The molecule has 0 aromatic rings. The van der Waals surface area contributed by atoms with Gasteiger partial charge in [-0.05, 0) is 26.3 Å². The van der Waals surface area contributed by atoms with Crippen LogP contribution in [0, 0.1) is 5.41 Å². The molecule has 0 saturated heterocycles. The van der Waals surface area contributed by atoms with E-state index in [1.54, 1.807) is 19.9 Å². The van der Waals surface area contributed by atoms with Crippen molar-refractivity contribution in [2.75, 3.05) is 6.61 Å². The van der Waals surface area contributed by atoms with E-state index < -0.39 is 5.41 Å². The summed E-state index contributed by atoms with van der Waals surface area (Å²) in [6, 6.07) is 0. The lowest BCUT2D eigenvalue weighted by molar-refractivity contribution is -0.152. The molecule has 0 amide bonds. The number of ketones is 1. The van der Waals surface area contributed by atoms with Gasteiger partial charge in [-0.15, -0.1) is 0 Å². The summed E-state index contributed by atoms with van der Waals surface area (Å²) in [7, 11) is 0. The number of carbonyl (C=O) groups excluding carboxylic acids is 2. The van der Waals surface area contributed by atoms with E-state index in [2.05, 4.69) is 0 Å².